The molecule has 18 heavy (non-hydrogen) atoms. The number of nitrogen functional groups attached to an aromatic ring is 1. The summed E-state index contributed by atoms with van der Waals surface area (Å²) in [4.78, 5) is 8.37. The summed E-state index contributed by atoms with van der Waals surface area (Å²) in [7, 11) is 2.03. The Morgan fingerprint density at radius 1 is 1.17 bits per heavy atom. The lowest BCUT2D eigenvalue weighted by Gasteiger charge is -2.07. The van der Waals surface area contributed by atoms with Crippen LogP contribution in [0.25, 0.3) is 22.2 Å². The molecule has 0 radical (unpaired) electrons. The van der Waals surface area contributed by atoms with E-state index in [1.54, 1.807) is 6.33 Å². The van der Waals surface area contributed by atoms with Crippen LogP contribution < -0.4 is 5.73 Å². The molecule has 2 N–H and O–H groups in total. The minimum Gasteiger partial charge on any atom is -0.395 e. The number of benzene rings is 1. The predicted molar refractivity (Wildman–Crippen MR) is 73.1 cm³/mol. The second-order valence-corrected chi connectivity index (χ2v) is 4.42. The fourth-order valence-electron chi connectivity index (χ4n) is 2.14. The van der Waals surface area contributed by atoms with E-state index < -0.39 is 0 Å². The summed E-state index contributed by atoms with van der Waals surface area (Å²) in [6.45, 7) is 1.89. The van der Waals surface area contributed by atoms with Crippen LogP contribution in [0.2, 0.25) is 0 Å². The van der Waals surface area contributed by atoms with E-state index >= 15 is 0 Å². The number of hydrogen-bond acceptors (Lipinski definition) is 3. The van der Waals surface area contributed by atoms with Crippen molar-refractivity contribution in [2.45, 2.75) is 6.92 Å². The lowest BCUT2D eigenvalue weighted by atomic mass is 10.1. The van der Waals surface area contributed by atoms with E-state index in [1.807, 2.05) is 26.2 Å². The molecule has 3 aromatic rings. The molecule has 0 unspecified atom stereocenters. The van der Waals surface area contributed by atoms with Gasteiger partial charge in [-0.3, -0.25) is 0 Å². The van der Waals surface area contributed by atoms with Crippen LogP contribution in [0.15, 0.2) is 36.8 Å². The number of anilines is 1. The molecule has 2 heterocycles. The average Bonchev–Trinajstić information content (AvgIpc) is 2.74. The van der Waals surface area contributed by atoms with Crippen LogP contribution in [-0.2, 0) is 7.05 Å². The molecule has 0 fully saturated rings. The van der Waals surface area contributed by atoms with E-state index in [1.165, 1.54) is 10.9 Å². The van der Waals surface area contributed by atoms with Crippen LogP contribution >= 0.6 is 0 Å². The lowest BCUT2D eigenvalue weighted by molar-refractivity contribution is 0.969. The molecule has 0 atom stereocenters. The quantitative estimate of drug-likeness (QED) is 0.708. The van der Waals surface area contributed by atoms with Gasteiger partial charge in [0.25, 0.3) is 0 Å². The molecule has 1 aromatic carbocycles. The molecule has 3 rings (SSSR count). The highest BCUT2D eigenvalue weighted by atomic mass is 14.9. The Bertz CT molecular complexity index is 728. The Kier molecular flexibility index (Phi) is 2.30. The zero-order valence-electron chi connectivity index (χ0n) is 10.4. The van der Waals surface area contributed by atoms with E-state index in [0.717, 1.165) is 17.0 Å². The topological polar surface area (TPSA) is 56.7 Å². The molecule has 4 heteroatoms. The van der Waals surface area contributed by atoms with E-state index in [0.29, 0.717) is 5.69 Å². The first-order chi connectivity index (χ1) is 8.66. The summed E-state index contributed by atoms with van der Waals surface area (Å²) in [6.07, 6.45) is 3.60. The lowest BCUT2D eigenvalue weighted by Crippen LogP contribution is -1.98. The van der Waals surface area contributed by atoms with Gasteiger partial charge in [-0.25, -0.2) is 9.97 Å². The van der Waals surface area contributed by atoms with Gasteiger partial charge in [0.1, 0.15) is 6.33 Å². The second kappa shape index (κ2) is 3.84. The maximum absolute atomic E-state index is 6.03. The van der Waals surface area contributed by atoms with Crippen LogP contribution in [0.1, 0.15) is 5.69 Å². The van der Waals surface area contributed by atoms with Crippen molar-refractivity contribution in [3.8, 4) is 11.3 Å². The summed E-state index contributed by atoms with van der Waals surface area (Å²) in [5.74, 6) is 0. The van der Waals surface area contributed by atoms with Crippen molar-refractivity contribution in [3.05, 3.63) is 42.5 Å². The zero-order chi connectivity index (χ0) is 12.7. The Morgan fingerprint density at radius 3 is 2.83 bits per heavy atom. The third kappa shape index (κ3) is 1.54. The number of aromatic nitrogens is 3. The average molecular weight is 238 g/mol. The Hall–Kier alpha value is -2.36. The van der Waals surface area contributed by atoms with Crippen molar-refractivity contribution >= 4 is 16.6 Å². The molecule has 90 valence electrons. The van der Waals surface area contributed by atoms with Gasteiger partial charge in [-0.05, 0) is 25.1 Å². The van der Waals surface area contributed by atoms with Crippen LogP contribution in [0, 0.1) is 6.92 Å². The molecule has 4 nitrogen and oxygen atoms in total. The van der Waals surface area contributed by atoms with Gasteiger partial charge >= 0.3 is 0 Å². The third-order valence-electron chi connectivity index (χ3n) is 3.24. The third-order valence-corrected chi connectivity index (χ3v) is 3.24. The second-order valence-electron chi connectivity index (χ2n) is 4.42. The highest BCUT2D eigenvalue weighted by molar-refractivity contribution is 5.87. The molecule has 0 spiro atoms. The van der Waals surface area contributed by atoms with Crippen LogP contribution in [0.3, 0.4) is 0 Å². The minimum absolute atomic E-state index is 0.646. The van der Waals surface area contributed by atoms with Gasteiger partial charge in [0.05, 0.1) is 17.1 Å². The summed E-state index contributed by atoms with van der Waals surface area (Å²) in [5.41, 5.74) is 10.5. The van der Waals surface area contributed by atoms with Crippen molar-refractivity contribution in [3.63, 3.8) is 0 Å². The van der Waals surface area contributed by atoms with Crippen LogP contribution in [-0.4, -0.2) is 14.5 Å². The van der Waals surface area contributed by atoms with Gasteiger partial charge in [-0.1, -0.05) is 6.07 Å². The molecular formula is C14H14N4. The maximum atomic E-state index is 6.03. The van der Waals surface area contributed by atoms with Crippen molar-refractivity contribution in [2.24, 2.45) is 7.05 Å². The zero-order valence-corrected chi connectivity index (χ0v) is 10.4. The first-order valence-electron chi connectivity index (χ1n) is 5.79. The Labute approximate surface area is 105 Å². The fraction of sp³-hybridized carbons (Fsp3) is 0.143. The number of nitrogens with two attached hydrogens (primary N) is 1. The minimum atomic E-state index is 0.646. The van der Waals surface area contributed by atoms with Gasteiger partial charge in [0.15, 0.2) is 0 Å². The van der Waals surface area contributed by atoms with Crippen LogP contribution in [0.5, 0.6) is 0 Å². The number of rotatable bonds is 1. The molecular weight excluding hydrogens is 224 g/mol. The van der Waals surface area contributed by atoms with Crippen LogP contribution in [0.4, 0.5) is 5.69 Å². The number of fused-ring (bicyclic) bond motifs is 1. The van der Waals surface area contributed by atoms with E-state index in [-0.39, 0.29) is 0 Å². The summed E-state index contributed by atoms with van der Waals surface area (Å²) >= 11 is 0. The van der Waals surface area contributed by atoms with Gasteiger partial charge in [0, 0.05) is 29.7 Å². The smallest absolute Gasteiger partial charge is 0.116 e. The van der Waals surface area contributed by atoms with Gasteiger partial charge < -0.3 is 10.3 Å². The Morgan fingerprint density at radius 2 is 2.00 bits per heavy atom. The van der Waals surface area contributed by atoms with Gasteiger partial charge in [0.2, 0.25) is 0 Å². The molecule has 0 aliphatic carbocycles. The summed E-state index contributed by atoms with van der Waals surface area (Å²) < 4.78 is 2.09. The van der Waals surface area contributed by atoms with E-state index in [2.05, 4.69) is 32.7 Å². The van der Waals surface area contributed by atoms with Crippen molar-refractivity contribution in [2.75, 3.05) is 5.73 Å². The first kappa shape index (κ1) is 10.8. The normalized spacial score (nSPS) is 11.0. The number of nitrogens with zero attached hydrogens (tertiary/aromatic N) is 3. The summed E-state index contributed by atoms with van der Waals surface area (Å²) in [6, 6.07) is 8.32. The SMILES string of the molecule is Cc1ncnc(-c2ccc3c(ccn3C)c2)c1N. The number of aryl methyl sites for hydroxylation is 2. The Balaban J connectivity index is 2.22. The molecule has 2 aromatic heterocycles. The first-order valence-corrected chi connectivity index (χ1v) is 5.79. The highest BCUT2D eigenvalue weighted by Gasteiger charge is 2.08. The van der Waals surface area contributed by atoms with Gasteiger partial charge in [-0.2, -0.15) is 0 Å². The number of hydrogen-bond donors (Lipinski definition) is 1. The maximum Gasteiger partial charge on any atom is 0.116 e. The summed E-state index contributed by atoms with van der Waals surface area (Å²) in [5, 5.41) is 1.19. The molecule has 0 saturated heterocycles. The van der Waals surface area contributed by atoms with E-state index in [9.17, 15) is 0 Å². The standard InChI is InChI=1S/C14H14N4/c1-9-13(15)14(17-8-16-9)11-3-4-12-10(7-11)5-6-18(12)2/h3-8H,15H2,1-2H3. The molecule has 0 aliphatic heterocycles. The predicted octanol–water partition coefficient (Wildman–Crippen LogP) is 2.53. The van der Waals surface area contributed by atoms with Crippen molar-refractivity contribution in [1.82, 2.24) is 14.5 Å². The largest absolute Gasteiger partial charge is 0.395 e. The molecule has 0 saturated carbocycles. The molecule has 0 bridgehead atoms. The monoisotopic (exact) mass is 238 g/mol. The van der Waals surface area contributed by atoms with E-state index in [4.69, 9.17) is 5.73 Å². The van der Waals surface area contributed by atoms with Crippen molar-refractivity contribution in [1.29, 1.82) is 0 Å². The molecule has 0 amide bonds. The van der Waals surface area contributed by atoms with Crippen molar-refractivity contribution < 1.29 is 0 Å². The van der Waals surface area contributed by atoms with Gasteiger partial charge in [-0.15, -0.1) is 0 Å². The highest BCUT2D eigenvalue weighted by Crippen LogP contribution is 2.27. The molecule has 0 aliphatic rings. The fourth-order valence-corrected chi connectivity index (χ4v) is 2.14.